The highest BCUT2D eigenvalue weighted by Gasteiger charge is 2.51. The average molecular weight is 776 g/mol. The zero-order chi connectivity index (χ0) is 40.9. The van der Waals surface area contributed by atoms with E-state index in [1.165, 1.54) is 9.80 Å². The van der Waals surface area contributed by atoms with Crippen LogP contribution in [0.5, 0.6) is 5.75 Å². The molecule has 1 spiro atoms. The van der Waals surface area contributed by atoms with E-state index in [0.717, 1.165) is 5.56 Å². The molecule has 0 bridgehead atoms. The van der Waals surface area contributed by atoms with Crippen molar-refractivity contribution in [1.29, 1.82) is 0 Å². The summed E-state index contributed by atoms with van der Waals surface area (Å²) in [6.45, 7) is 15.7. The van der Waals surface area contributed by atoms with Crippen LogP contribution in [0.15, 0.2) is 24.3 Å². The number of carbonyl (C=O) groups is 6. The molecular weight excluding hydrogens is 718 g/mol. The lowest BCUT2D eigenvalue weighted by molar-refractivity contribution is -0.143. The van der Waals surface area contributed by atoms with Gasteiger partial charge in [0.05, 0.1) is 19.7 Å². The number of ether oxygens (including phenoxy) is 6. The first-order chi connectivity index (χ1) is 25.5. The fourth-order valence-electron chi connectivity index (χ4n) is 6.45. The number of carbonyl (C=O) groups excluding carboxylic acids is 6. The van der Waals surface area contributed by atoms with E-state index in [-0.39, 0.29) is 57.8 Å². The van der Waals surface area contributed by atoms with Gasteiger partial charge >= 0.3 is 24.4 Å². The lowest BCUT2D eigenvalue weighted by atomic mass is 9.84. The number of alkyl carbamates (subject to hydrolysis) is 1. The Labute approximate surface area is 322 Å². The topological polar surface area (TPSA) is 200 Å². The second-order valence-electron chi connectivity index (χ2n) is 17.0. The number of amides is 5. The van der Waals surface area contributed by atoms with Gasteiger partial charge in [0.2, 0.25) is 11.8 Å². The van der Waals surface area contributed by atoms with Crippen molar-refractivity contribution in [2.75, 3.05) is 33.3 Å². The third-order valence-electron chi connectivity index (χ3n) is 9.02. The summed E-state index contributed by atoms with van der Waals surface area (Å²) in [7, 11) is 1.54. The van der Waals surface area contributed by atoms with Crippen molar-refractivity contribution in [2.24, 2.45) is 0 Å². The molecule has 3 aliphatic rings. The first-order valence-corrected chi connectivity index (χ1v) is 18.5. The number of piperazine rings is 1. The first-order valence-electron chi connectivity index (χ1n) is 18.5. The van der Waals surface area contributed by atoms with Crippen LogP contribution < -0.4 is 20.7 Å². The third-order valence-corrected chi connectivity index (χ3v) is 9.02. The Hall–Kier alpha value is -4.96. The summed E-state index contributed by atoms with van der Waals surface area (Å²) in [5.41, 5.74) is -2.78. The van der Waals surface area contributed by atoms with Gasteiger partial charge in [-0.2, -0.15) is 0 Å². The summed E-state index contributed by atoms with van der Waals surface area (Å²) in [4.78, 5) is 81.6. The molecule has 3 aliphatic heterocycles. The van der Waals surface area contributed by atoms with Gasteiger partial charge in [0.15, 0.2) is 12.2 Å². The Morgan fingerprint density at radius 1 is 0.836 bits per heavy atom. The van der Waals surface area contributed by atoms with E-state index in [0.29, 0.717) is 5.75 Å². The maximum atomic E-state index is 13.5. The first kappa shape index (κ1) is 42.8. The predicted octanol–water partition coefficient (Wildman–Crippen LogP) is 4.05. The Kier molecular flexibility index (Phi) is 13.1. The van der Waals surface area contributed by atoms with Crippen LogP contribution in [0.1, 0.15) is 87.1 Å². The standard InChI is InChI=1S/C38H57N5O12/c1-35(2,3)53-32(47)42-19-16-38(17-20-42)30(45)40-25(29(44)41-38)15-18-39-31(46)52-28-26(21-23-11-13-24(50-10)14-12-23)43(33(48)54-36(4,5)6)22-27(28)51-34(49)55-37(7,8)9/h11-14,25-28H,15-22H2,1-10H3,(H,39,46)(H,40,45)(H,41,44)/t25-,26+,27-,28-/m0/s1. The molecule has 3 fully saturated rings. The highest BCUT2D eigenvalue weighted by molar-refractivity contribution is 6.00. The van der Waals surface area contributed by atoms with Crippen LogP contribution in [0.2, 0.25) is 0 Å². The van der Waals surface area contributed by atoms with E-state index in [9.17, 15) is 28.8 Å². The van der Waals surface area contributed by atoms with Gasteiger partial charge in [-0.05, 0) is 106 Å². The summed E-state index contributed by atoms with van der Waals surface area (Å²) in [6.07, 6.45) is -4.71. The molecular formula is C38H57N5O12. The Morgan fingerprint density at radius 2 is 1.42 bits per heavy atom. The quantitative estimate of drug-likeness (QED) is 0.253. The number of nitrogens with zero attached hydrogens (tertiary/aromatic N) is 2. The van der Waals surface area contributed by atoms with Gasteiger partial charge in [-0.3, -0.25) is 14.5 Å². The zero-order valence-corrected chi connectivity index (χ0v) is 33.6. The van der Waals surface area contributed by atoms with Gasteiger partial charge in [0, 0.05) is 19.6 Å². The SMILES string of the molecule is COc1ccc(C[C@@H]2[C@H](OC(=O)NCC[C@@H]3NC(=O)C4(CCN(C(=O)OC(C)(C)C)CC4)NC3=O)[C@@H](OC(=O)OC(C)(C)C)CN2C(=O)OC(C)(C)C)cc1. The van der Waals surface area contributed by atoms with Crippen LogP contribution in [-0.2, 0) is 39.7 Å². The van der Waals surface area contributed by atoms with Crippen LogP contribution in [0.4, 0.5) is 19.2 Å². The van der Waals surface area contributed by atoms with E-state index < -0.39 is 77.0 Å². The minimum Gasteiger partial charge on any atom is -0.497 e. The molecule has 1 aromatic rings. The number of benzene rings is 1. The zero-order valence-electron chi connectivity index (χ0n) is 33.6. The summed E-state index contributed by atoms with van der Waals surface area (Å²) >= 11 is 0. The average Bonchev–Trinajstić information content (AvgIpc) is 3.37. The van der Waals surface area contributed by atoms with Crippen molar-refractivity contribution in [3.8, 4) is 5.75 Å². The molecule has 0 aromatic heterocycles. The Morgan fingerprint density at radius 3 is 1.98 bits per heavy atom. The fourth-order valence-corrected chi connectivity index (χ4v) is 6.45. The number of methoxy groups -OCH3 is 1. The summed E-state index contributed by atoms with van der Waals surface area (Å²) < 4.78 is 33.3. The Balaban J connectivity index is 1.43. The molecule has 1 aromatic carbocycles. The molecule has 3 heterocycles. The number of nitrogens with one attached hydrogen (secondary N) is 3. The van der Waals surface area contributed by atoms with E-state index in [2.05, 4.69) is 16.0 Å². The number of hydrogen-bond acceptors (Lipinski definition) is 12. The fraction of sp³-hybridized carbons (Fsp3) is 0.684. The number of hydrogen-bond donors (Lipinski definition) is 3. The number of piperidine rings is 1. The molecule has 0 unspecified atom stereocenters. The molecule has 17 nitrogen and oxygen atoms in total. The molecule has 3 N–H and O–H groups in total. The molecule has 4 rings (SSSR count). The second-order valence-corrected chi connectivity index (χ2v) is 17.0. The molecule has 4 atom stereocenters. The molecule has 3 saturated heterocycles. The summed E-state index contributed by atoms with van der Waals surface area (Å²) in [5.74, 6) is -0.172. The van der Waals surface area contributed by atoms with Gasteiger partial charge in [0.1, 0.15) is 34.1 Å². The van der Waals surface area contributed by atoms with Crippen molar-refractivity contribution >= 4 is 36.2 Å². The van der Waals surface area contributed by atoms with E-state index in [1.54, 1.807) is 81.6 Å². The molecule has 0 aliphatic carbocycles. The maximum absolute atomic E-state index is 13.5. The van der Waals surface area contributed by atoms with Crippen molar-refractivity contribution in [3.63, 3.8) is 0 Å². The van der Waals surface area contributed by atoms with Crippen LogP contribution in [0, 0.1) is 0 Å². The number of likely N-dealkylation sites (tertiary alicyclic amines) is 2. The van der Waals surface area contributed by atoms with E-state index in [4.69, 9.17) is 28.4 Å². The van der Waals surface area contributed by atoms with E-state index >= 15 is 0 Å². The monoisotopic (exact) mass is 775 g/mol. The van der Waals surface area contributed by atoms with Gasteiger partial charge in [-0.15, -0.1) is 0 Å². The predicted molar refractivity (Wildman–Crippen MR) is 197 cm³/mol. The van der Waals surface area contributed by atoms with Crippen molar-refractivity contribution in [3.05, 3.63) is 29.8 Å². The highest BCUT2D eigenvalue weighted by Crippen LogP contribution is 2.31. The maximum Gasteiger partial charge on any atom is 0.509 e. The minimum absolute atomic E-state index is 0.0363. The van der Waals surface area contributed by atoms with E-state index in [1.807, 2.05) is 12.1 Å². The molecule has 306 valence electrons. The highest BCUT2D eigenvalue weighted by atomic mass is 16.7. The van der Waals surface area contributed by atoms with Crippen LogP contribution in [0.25, 0.3) is 0 Å². The van der Waals surface area contributed by atoms with Crippen molar-refractivity contribution in [1.82, 2.24) is 25.8 Å². The molecule has 5 amide bonds. The normalized spacial score (nSPS) is 22.6. The molecule has 0 saturated carbocycles. The summed E-state index contributed by atoms with van der Waals surface area (Å²) in [6, 6.07) is 5.36. The number of rotatable bonds is 8. The van der Waals surface area contributed by atoms with Crippen molar-refractivity contribution < 1.29 is 57.2 Å². The van der Waals surface area contributed by atoms with Gasteiger partial charge < -0.3 is 49.3 Å². The minimum atomic E-state index is -1.16. The molecule has 17 heteroatoms. The van der Waals surface area contributed by atoms with Gasteiger partial charge in [-0.25, -0.2) is 19.2 Å². The lowest BCUT2D eigenvalue weighted by Gasteiger charge is -2.45. The third kappa shape index (κ3) is 12.0. The molecule has 55 heavy (non-hydrogen) atoms. The Bertz CT molecular complexity index is 1570. The molecule has 0 radical (unpaired) electrons. The van der Waals surface area contributed by atoms with Crippen LogP contribution >= 0.6 is 0 Å². The van der Waals surface area contributed by atoms with Crippen LogP contribution in [-0.4, -0.2) is 126 Å². The largest absolute Gasteiger partial charge is 0.509 e. The van der Waals surface area contributed by atoms with Crippen molar-refractivity contribution in [2.45, 2.75) is 135 Å². The summed E-state index contributed by atoms with van der Waals surface area (Å²) in [5, 5.41) is 8.24. The lowest BCUT2D eigenvalue weighted by Crippen LogP contribution is -2.72. The van der Waals surface area contributed by atoms with Gasteiger partial charge in [-0.1, -0.05) is 12.1 Å². The second kappa shape index (κ2) is 16.8. The van der Waals surface area contributed by atoms with Gasteiger partial charge in [0.25, 0.3) is 0 Å². The smallest absolute Gasteiger partial charge is 0.497 e. The van der Waals surface area contributed by atoms with Crippen LogP contribution in [0.3, 0.4) is 0 Å².